The van der Waals surface area contributed by atoms with Crippen LogP contribution in [-0.2, 0) is 20.9 Å². The predicted molar refractivity (Wildman–Crippen MR) is 103 cm³/mol. The summed E-state index contributed by atoms with van der Waals surface area (Å²) < 4.78 is 20.4. The minimum atomic E-state index is -0.759. The van der Waals surface area contributed by atoms with Gasteiger partial charge >= 0.3 is 5.97 Å². The van der Waals surface area contributed by atoms with Crippen LogP contribution >= 0.6 is 0 Å². The normalized spacial score (nSPS) is 10.0. The predicted octanol–water partition coefficient (Wildman–Crippen LogP) is 1.04. The average Bonchev–Trinajstić information content (AvgIpc) is 2.74. The molecule has 9 heteroatoms. The van der Waals surface area contributed by atoms with Crippen molar-refractivity contribution in [3.63, 3.8) is 0 Å². The molecule has 154 valence electrons. The highest BCUT2D eigenvalue weighted by molar-refractivity contribution is 5.95. The summed E-state index contributed by atoms with van der Waals surface area (Å²) in [7, 11) is 3.05. The monoisotopic (exact) mass is 402 g/mol. The van der Waals surface area contributed by atoms with E-state index in [-0.39, 0.29) is 17.9 Å². The van der Waals surface area contributed by atoms with Crippen molar-refractivity contribution in [3.05, 3.63) is 53.6 Å². The highest BCUT2D eigenvalue weighted by Gasteiger charge is 2.12. The van der Waals surface area contributed by atoms with E-state index in [9.17, 15) is 14.4 Å². The summed E-state index contributed by atoms with van der Waals surface area (Å²) in [6, 6.07) is 11.5. The quantitative estimate of drug-likeness (QED) is 0.569. The van der Waals surface area contributed by atoms with E-state index >= 15 is 0 Å². The summed E-state index contributed by atoms with van der Waals surface area (Å²) in [6.45, 7) is -0.709. The number of nitrogens with one attached hydrogen (secondary N) is 1. The van der Waals surface area contributed by atoms with Gasteiger partial charge in [-0.3, -0.25) is 9.59 Å². The zero-order valence-electron chi connectivity index (χ0n) is 16.1. The minimum absolute atomic E-state index is 0.146. The molecule has 0 aliphatic rings. The van der Waals surface area contributed by atoms with Crippen LogP contribution in [0.25, 0.3) is 0 Å². The Morgan fingerprint density at radius 1 is 0.931 bits per heavy atom. The Hall–Kier alpha value is -3.75. The van der Waals surface area contributed by atoms with Crippen molar-refractivity contribution in [2.24, 2.45) is 5.73 Å². The van der Waals surface area contributed by atoms with Crippen molar-refractivity contribution >= 4 is 17.8 Å². The molecule has 0 unspecified atom stereocenters. The smallest absolute Gasteiger partial charge is 0.344 e. The van der Waals surface area contributed by atoms with Crippen LogP contribution in [0.1, 0.15) is 15.9 Å². The Labute approximate surface area is 167 Å². The van der Waals surface area contributed by atoms with Crippen LogP contribution in [-0.4, -0.2) is 45.2 Å². The molecule has 0 saturated carbocycles. The summed E-state index contributed by atoms with van der Waals surface area (Å²) in [5, 5.41) is 2.63. The maximum absolute atomic E-state index is 11.9. The number of hydrogen-bond donors (Lipinski definition) is 2. The Kier molecular flexibility index (Phi) is 7.84. The fourth-order valence-corrected chi connectivity index (χ4v) is 2.36. The fourth-order valence-electron chi connectivity index (χ4n) is 2.36. The number of primary amides is 1. The van der Waals surface area contributed by atoms with E-state index < -0.39 is 31.0 Å². The molecule has 9 nitrogen and oxygen atoms in total. The van der Waals surface area contributed by atoms with Gasteiger partial charge in [-0.1, -0.05) is 18.2 Å². The lowest BCUT2D eigenvalue weighted by atomic mass is 10.2. The van der Waals surface area contributed by atoms with Gasteiger partial charge in [0.05, 0.1) is 19.8 Å². The van der Waals surface area contributed by atoms with Crippen molar-refractivity contribution in [1.29, 1.82) is 0 Å². The Bertz CT molecular complexity index is 883. The number of methoxy groups -OCH3 is 2. The second-order valence-corrected chi connectivity index (χ2v) is 5.78. The number of rotatable bonds is 10. The molecule has 2 aromatic carbocycles. The highest BCUT2D eigenvalue weighted by atomic mass is 16.6. The van der Waals surface area contributed by atoms with E-state index in [0.29, 0.717) is 11.5 Å². The third-order valence-corrected chi connectivity index (χ3v) is 3.80. The van der Waals surface area contributed by atoms with Crippen LogP contribution in [0.5, 0.6) is 17.2 Å². The molecule has 0 aromatic heterocycles. The molecule has 0 radical (unpaired) electrons. The first-order chi connectivity index (χ1) is 13.9. The van der Waals surface area contributed by atoms with E-state index in [4.69, 9.17) is 24.7 Å². The van der Waals surface area contributed by atoms with Gasteiger partial charge in [-0.05, 0) is 29.8 Å². The van der Waals surface area contributed by atoms with Crippen molar-refractivity contribution < 1.29 is 33.3 Å². The summed E-state index contributed by atoms with van der Waals surface area (Å²) in [6.07, 6.45) is 0. The van der Waals surface area contributed by atoms with Crippen LogP contribution in [0.4, 0.5) is 0 Å². The number of carbonyl (C=O) groups excluding carboxylic acids is 3. The van der Waals surface area contributed by atoms with Crippen LogP contribution in [0.2, 0.25) is 0 Å². The number of nitrogens with two attached hydrogens (primary N) is 1. The topological polar surface area (TPSA) is 126 Å². The van der Waals surface area contributed by atoms with Gasteiger partial charge in [0.25, 0.3) is 11.8 Å². The number of carbonyl (C=O) groups is 3. The molecule has 2 rings (SSSR count). The molecule has 2 amide bonds. The summed E-state index contributed by atoms with van der Waals surface area (Å²) in [5.41, 5.74) is 6.16. The summed E-state index contributed by atoms with van der Waals surface area (Å²) in [4.78, 5) is 34.9. The SMILES string of the molecule is COc1ccc(CNC(=O)COC(=O)COc2ccccc2C(N)=O)cc1OC. The molecule has 0 aliphatic heterocycles. The number of hydrogen-bond acceptors (Lipinski definition) is 7. The second-order valence-electron chi connectivity index (χ2n) is 5.78. The molecule has 0 aliphatic carbocycles. The highest BCUT2D eigenvalue weighted by Crippen LogP contribution is 2.27. The maximum atomic E-state index is 11.9. The molecule has 0 fully saturated rings. The molecule has 0 heterocycles. The number of esters is 1. The lowest BCUT2D eigenvalue weighted by Crippen LogP contribution is -2.29. The third kappa shape index (κ3) is 6.42. The number of ether oxygens (including phenoxy) is 4. The maximum Gasteiger partial charge on any atom is 0.344 e. The first-order valence-electron chi connectivity index (χ1n) is 8.59. The first-order valence-corrected chi connectivity index (χ1v) is 8.59. The zero-order chi connectivity index (χ0) is 21.2. The molecule has 0 bridgehead atoms. The van der Waals surface area contributed by atoms with Crippen molar-refractivity contribution in [1.82, 2.24) is 5.32 Å². The van der Waals surface area contributed by atoms with E-state index in [1.54, 1.807) is 30.3 Å². The van der Waals surface area contributed by atoms with Crippen LogP contribution in [0.15, 0.2) is 42.5 Å². The molecular weight excluding hydrogens is 380 g/mol. The molecule has 3 N–H and O–H groups in total. The van der Waals surface area contributed by atoms with Gasteiger partial charge in [0.2, 0.25) is 0 Å². The lowest BCUT2D eigenvalue weighted by molar-refractivity contribution is -0.150. The molecule has 29 heavy (non-hydrogen) atoms. The summed E-state index contributed by atoms with van der Waals surface area (Å²) in [5.74, 6) is -0.636. The number of amides is 2. The van der Waals surface area contributed by atoms with Gasteiger partial charge in [0.1, 0.15) is 5.75 Å². The van der Waals surface area contributed by atoms with Crippen LogP contribution in [0, 0.1) is 0 Å². The molecule has 0 saturated heterocycles. The second kappa shape index (κ2) is 10.5. The van der Waals surface area contributed by atoms with Gasteiger partial charge in [-0.2, -0.15) is 0 Å². The number of para-hydroxylation sites is 1. The van der Waals surface area contributed by atoms with Crippen molar-refractivity contribution in [3.8, 4) is 17.2 Å². The van der Waals surface area contributed by atoms with E-state index in [1.807, 2.05) is 0 Å². The minimum Gasteiger partial charge on any atom is -0.493 e. The summed E-state index contributed by atoms with van der Waals surface area (Å²) >= 11 is 0. The van der Waals surface area contributed by atoms with Crippen molar-refractivity contribution in [2.75, 3.05) is 27.4 Å². The molecular formula is C20H22N2O7. The van der Waals surface area contributed by atoms with Gasteiger partial charge in [-0.15, -0.1) is 0 Å². The first kappa shape index (κ1) is 21.5. The van der Waals surface area contributed by atoms with Gasteiger partial charge in [-0.25, -0.2) is 4.79 Å². The standard InChI is InChI=1S/C20H22N2O7/c1-26-16-8-7-13(9-17(16)27-2)10-22-18(23)11-29-19(24)12-28-15-6-4-3-5-14(15)20(21)25/h3-9H,10-12H2,1-2H3,(H2,21,25)(H,22,23). The Morgan fingerprint density at radius 2 is 1.66 bits per heavy atom. The largest absolute Gasteiger partial charge is 0.493 e. The Balaban J connectivity index is 1.76. The van der Waals surface area contributed by atoms with Gasteiger partial charge < -0.3 is 30.0 Å². The van der Waals surface area contributed by atoms with E-state index in [2.05, 4.69) is 5.32 Å². The third-order valence-electron chi connectivity index (χ3n) is 3.80. The van der Waals surface area contributed by atoms with E-state index in [1.165, 1.54) is 26.4 Å². The van der Waals surface area contributed by atoms with Gasteiger partial charge in [0, 0.05) is 6.54 Å². The van der Waals surface area contributed by atoms with Gasteiger partial charge in [0.15, 0.2) is 24.7 Å². The van der Waals surface area contributed by atoms with Crippen LogP contribution in [0.3, 0.4) is 0 Å². The Morgan fingerprint density at radius 3 is 2.34 bits per heavy atom. The average molecular weight is 402 g/mol. The van der Waals surface area contributed by atoms with Crippen LogP contribution < -0.4 is 25.3 Å². The molecule has 0 atom stereocenters. The lowest BCUT2D eigenvalue weighted by Gasteiger charge is -2.11. The molecule has 0 spiro atoms. The molecule has 2 aromatic rings. The van der Waals surface area contributed by atoms with Crippen molar-refractivity contribution in [2.45, 2.75) is 6.54 Å². The number of benzene rings is 2. The van der Waals surface area contributed by atoms with E-state index in [0.717, 1.165) is 5.56 Å². The fraction of sp³-hybridized carbons (Fsp3) is 0.250. The zero-order valence-corrected chi connectivity index (χ0v) is 16.1.